The molecule has 2 heterocycles. The van der Waals surface area contributed by atoms with E-state index >= 15 is 0 Å². The van der Waals surface area contributed by atoms with Gasteiger partial charge in [0.15, 0.2) is 0 Å². The molecule has 3 aromatic rings. The number of nitro benzene ring substituents is 1. The van der Waals surface area contributed by atoms with Gasteiger partial charge in [-0.1, -0.05) is 35.9 Å². The van der Waals surface area contributed by atoms with Crippen LogP contribution in [0, 0.1) is 17.0 Å². The topological polar surface area (TPSA) is 110 Å². The first-order valence-corrected chi connectivity index (χ1v) is 11.6. The molecule has 1 fully saturated rings. The third-order valence-electron chi connectivity index (χ3n) is 6.43. The van der Waals surface area contributed by atoms with E-state index in [0.717, 1.165) is 10.5 Å². The number of hydrogen-bond donors (Lipinski definition) is 0. The molecule has 2 aliphatic rings. The van der Waals surface area contributed by atoms with Gasteiger partial charge in [-0.05, 0) is 55.3 Å². The number of halogens is 1. The van der Waals surface area contributed by atoms with E-state index in [1.54, 1.807) is 42.5 Å². The highest BCUT2D eigenvalue weighted by atomic mass is 35.5. The Morgan fingerprint density at radius 2 is 1.69 bits per heavy atom. The number of carbonyl (C=O) groups excluding carboxylic acids is 3. The van der Waals surface area contributed by atoms with E-state index in [1.807, 2.05) is 13.8 Å². The van der Waals surface area contributed by atoms with Gasteiger partial charge < -0.3 is 9.64 Å². The number of rotatable bonds is 6. The van der Waals surface area contributed by atoms with Gasteiger partial charge in [0.1, 0.15) is 17.4 Å². The van der Waals surface area contributed by atoms with Crippen LogP contribution in [0.4, 0.5) is 11.4 Å². The predicted molar refractivity (Wildman–Crippen MR) is 131 cm³/mol. The van der Waals surface area contributed by atoms with E-state index in [2.05, 4.69) is 0 Å². The number of amides is 3. The number of carbonyl (C=O) groups is 3. The van der Waals surface area contributed by atoms with E-state index in [1.165, 1.54) is 23.1 Å². The summed E-state index contributed by atoms with van der Waals surface area (Å²) in [6.07, 6.45) is 0. The molecule has 0 radical (unpaired) electrons. The standard InChI is InChI=1S/C26H20ClN3O6/c1-3-36-17-11-8-15(9-12-17)22-23(26(33)28(22)16-10-7-14(2)19(27)13-16)29-24(31)18-5-4-6-20(30(34)35)21(18)25(29)32/h4-13,22-23H,3H2,1-2H3/t22-,23-/m1/s1. The summed E-state index contributed by atoms with van der Waals surface area (Å²) in [4.78, 5) is 53.3. The summed E-state index contributed by atoms with van der Waals surface area (Å²) in [6.45, 7) is 4.17. The molecule has 0 unspecified atom stereocenters. The van der Waals surface area contributed by atoms with E-state index < -0.39 is 40.4 Å². The second kappa shape index (κ2) is 8.76. The third kappa shape index (κ3) is 3.51. The Labute approximate surface area is 211 Å². The SMILES string of the molecule is CCOc1ccc([C@@H]2[C@@H](N3C(=O)c4cccc([N+](=O)[O-])c4C3=O)C(=O)N2c2ccc(C)c(Cl)c2)cc1. The molecule has 0 spiro atoms. The Hall–Kier alpha value is -4.24. The van der Waals surface area contributed by atoms with Crippen molar-refractivity contribution < 1.29 is 24.0 Å². The lowest BCUT2D eigenvalue weighted by molar-refractivity contribution is -0.385. The molecule has 0 aliphatic carbocycles. The van der Waals surface area contributed by atoms with E-state index in [9.17, 15) is 24.5 Å². The summed E-state index contributed by atoms with van der Waals surface area (Å²) >= 11 is 6.32. The Morgan fingerprint density at radius 1 is 0.972 bits per heavy atom. The Morgan fingerprint density at radius 3 is 2.33 bits per heavy atom. The quantitative estimate of drug-likeness (QED) is 0.208. The number of ether oxygens (including phenoxy) is 1. The molecular formula is C26H20ClN3O6. The van der Waals surface area contributed by atoms with Crippen LogP contribution in [-0.2, 0) is 4.79 Å². The monoisotopic (exact) mass is 505 g/mol. The van der Waals surface area contributed by atoms with Crippen molar-refractivity contribution >= 4 is 40.7 Å². The zero-order valence-electron chi connectivity index (χ0n) is 19.3. The minimum atomic E-state index is -1.19. The molecule has 36 heavy (non-hydrogen) atoms. The van der Waals surface area contributed by atoms with Crippen LogP contribution in [-0.4, -0.2) is 40.2 Å². The Bertz CT molecular complexity index is 1440. The lowest BCUT2D eigenvalue weighted by Gasteiger charge is -2.49. The number of anilines is 1. The normalized spacial score (nSPS) is 18.8. The van der Waals surface area contributed by atoms with Crippen LogP contribution >= 0.6 is 11.6 Å². The maximum Gasteiger partial charge on any atom is 0.282 e. The minimum Gasteiger partial charge on any atom is -0.494 e. The highest BCUT2D eigenvalue weighted by Crippen LogP contribution is 2.46. The fraction of sp³-hybridized carbons (Fsp3) is 0.192. The van der Waals surface area contributed by atoms with Crippen LogP contribution in [0.15, 0.2) is 60.7 Å². The van der Waals surface area contributed by atoms with E-state index in [-0.39, 0.29) is 11.1 Å². The molecule has 0 bridgehead atoms. The zero-order chi connectivity index (χ0) is 25.7. The summed E-state index contributed by atoms with van der Waals surface area (Å²) in [5.74, 6) is -1.47. The first-order chi connectivity index (χ1) is 17.2. The molecule has 0 aromatic heterocycles. The molecule has 1 saturated heterocycles. The molecule has 0 N–H and O–H groups in total. The average Bonchev–Trinajstić information content (AvgIpc) is 3.10. The van der Waals surface area contributed by atoms with Crippen LogP contribution in [0.3, 0.4) is 0 Å². The van der Waals surface area contributed by atoms with Crippen molar-refractivity contribution in [3.05, 3.63) is 98.1 Å². The second-order valence-electron chi connectivity index (χ2n) is 8.47. The van der Waals surface area contributed by atoms with Gasteiger partial charge >= 0.3 is 0 Å². The smallest absolute Gasteiger partial charge is 0.282 e. The van der Waals surface area contributed by atoms with Gasteiger partial charge in [0.05, 0.1) is 23.1 Å². The number of hydrogen-bond acceptors (Lipinski definition) is 6. The number of fused-ring (bicyclic) bond motifs is 1. The molecule has 3 amide bonds. The highest BCUT2D eigenvalue weighted by molar-refractivity contribution is 6.32. The third-order valence-corrected chi connectivity index (χ3v) is 6.84. The number of nitrogens with zero attached hydrogens (tertiary/aromatic N) is 3. The number of aryl methyl sites for hydroxylation is 1. The van der Waals surface area contributed by atoms with Gasteiger partial charge in [-0.15, -0.1) is 0 Å². The van der Waals surface area contributed by atoms with E-state index in [0.29, 0.717) is 28.6 Å². The van der Waals surface area contributed by atoms with Gasteiger partial charge in [-0.3, -0.25) is 29.4 Å². The number of benzene rings is 3. The van der Waals surface area contributed by atoms with Gasteiger partial charge in [0.2, 0.25) is 0 Å². The van der Waals surface area contributed by atoms with Crippen molar-refractivity contribution in [3.63, 3.8) is 0 Å². The molecular weight excluding hydrogens is 486 g/mol. The lowest BCUT2D eigenvalue weighted by Crippen LogP contribution is -2.67. The van der Waals surface area contributed by atoms with Crippen LogP contribution in [0.1, 0.15) is 44.8 Å². The number of imide groups is 1. The van der Waals surface area contributed by atoms with Crippen molar-refractivity contribution in [1.29, 1.82) is 0 Å². The largest absolute Gasteiger partial charge is 0.494 e. The summed E-state index contributed by atoms with van der Waals surface area (Å²) in [6, 6.07) is 14.1. The van der Waals surface area contributed by atoms with Gasteiger partial charge in [0, 0.05) is 16.8 Å². The Balaban J connectivity index is 1.59. The molecule has 2 atom stereocenters. The molecule has 3 aromatic carbocycles. The van der Waals surface area contributed by atoms with Crippen molar-refractivity contribution in [2.45, 2.75) is 25.9 Å². The molecule has 0 saturated carbocycles. The van der Waals surface area contributed by atoms with Crippen molar-refractivity contribution in [2.75, 3.05) is 11.5 Å². The van der Waals surface area contributed by atoms with Crippen LogP contribution in [0.5, 0.6) is 5.75 Å². The van der Waals surface area contributed by atoms with Crippen LogP contribution < -0.4 is 9.64 Å². The van der Waals surface area contributed by atoms with Crippen LogP contribution in [0.25, 0.3) is 0 Å². The van der Waals surface area contributed by atoms with Gasteiger partial charge in [0.25, 0.3) is 23.4 Å². The first kappa shape index (κ1) is 23.5. The second-order valence-corrected chi connectivity index (χ2v) is 8.88. The summed E-state index contributed by atoms with van der Waals surface area (Å²) in [7, 11) is 0. The summed E-state index contributed by atoms with van der Waals surface area (Å²) in [5, 5.41) is 12.0. The number of nitro groups is 1. The first-order valence-electron chi connectivity index (χ1n) is 11.2. The van der Waals surface area contributed by atoms with Crippen molar-refractivity contribution in [2.24, 2.45) is 0 Å². The highest BCUT2D eigenvalue weighted by Gasteiger charge is 2.58. The minimum absolute atomic E-state index is 0.0933. The van der Waals surface area contributed by atoms with Gasteiger partial charge in [-0.2, -0.15) is 0 Å². The predicted octanol–water partition coefficient (Wildman–Crippen LogP) is 4.71. The molecule has 9 nitrogen and oxygen atoms in total. The van der Waals surface area contributed by atoms with E-state index in [4.69, 9.17) is 16.3 Å². The average molecular weight is 506 g/mol. The van der Waals surface area contributed by atoms with Crippen molar-refractivity contribution in [1.82, 2.24) is 4.90 Å². The summed E-state index contributed by atoms with van der Waals surface area (Å²) < 4.78 is 5.51. The lowest BCUT2D eigenvalue weighted by atomic mass is 9.86. The number of β-lactam (4-membered cyclic amide) rings is 1. The summed E-state index contributed by atoms with van der Waals surface area (Å²) in [5.41, 5.74) is 1.13. The maximum atomic E-state index is 13.5. The fourth-order valence-corrected chi connectivity index (χ4v) is 4.87. The fourth-order valence-electron chi connectivity index (χ4n) is 4.69. The molecule has 10 heteroatoms. The van der Waals surface area contributed by atoms with Crippen LogP contribution in [0.2, 0.25) is 5.02 Å². The molecule has 182 valence electrons. The maximum absolute atomic E-state index is 13.5. The Kier molecular flexibility index (Phi) is 5.72. The molecule has 5 rings (SSSR count). The van der Waals surface area contributed by atoms with Gasteiger partial charge in [-0.25, -0.2) is 0 Å². The zero-order valence-corrected chi connectivity index (χ0v) is 20.1. The molecule has 2 aliphatic heterocycles. The van der Waals surface area contributed by atoms with Crippen molar-refractivity contribution in [3.8, 4) is 5.75 Å².